The van der Waals surface area contributed by atoms with E-state index in [1.54, 1.807) is 32.0 Å². The van der Waals surface area contributed by atoms with Gasteiger partial charge < -0.3 is 10.4 Å². The Labute approximate surface area is 109 Å². The van der Waals surface area contributed by atoms with Gasteiger partial charge in [-0.2, -0.15) is 5.10 Å². The second-order valence-electron chi connectivity index (χ2n) is 4.18. The van der Waals surface area contributed by atoms with Gasteiger partial charge in [0.25, 0.3) is 5.91 Å². The minimum absolute atomic E-state index is 0.0250. The minimum Gasteiger partial charge on any atom is -0.478 e. The van der Waals surface area contributed by atoms with Gasteiger partial charge >= 0.3 is 5.97 Å². The molecule has 0 spiro atoms. The van der Waals surface area contributed by atoms with Crippen LogP contribution in [0.4, 0.5) is 5.82 Å². The van der Waals surface area contributed by atoms with Crippen molar-refractivity contribution in [2.24, 2.45) is 0 Å². The number of aromatic carboxylic acids is 1. The second kappa shape index (κ2) is 4.93. The molecule has 1 aromatic carbocycles. The lowest BCUT2D eigenvalue weighted by Crippen LogP contribution is -2.19. The summed E-state index contributed by atoms with van der Waals surface area (Å²) in [5.41, 5.74) is 1.35. The maximum Gasteiger partial charge on any atom is 0.336 e. The highest BCUT2D eigenvalue weighted by atomic mass is 16.4. The summed E-state index contributed by atoms with van der Waals surface area (Å²) < 4.78 is 0. The molecular formula is C13H13N3O3. The summed E-state index contributed by atoms with van der Waals surface area (Å²) in [6.07, 6.45) is 1.50. The van der Waals surface area contributed by atoms with Crippen molar-refractivity contribution in [2.45, 2.75) is 13.8 Å². The number of nitrogens with zero attached hydrogens (tertiary/aromatic N) is 1. The maximum atomic E-state index is 12.2. The zero-order valence-electron chi connectivity index (χ0n) is 10.5. The number of carboxylic acids is 1. The number of carbonyl (C=O) groups excluding carboxylic acids is 1. The van der Waals surface area contributed by atoms with E-state index in [4.69, 9.17) is 0 Å². The van der Waals surface area contributed by atoms with Crippen molar-refractivity contribution in [3.8, 4) is 0 Å². The van der Waals surface area contributed by atoms with Gasteiger partial charge in [0, 0.05) is 6.07 Å². The first kappa shape index (κ1) is 12.8. The molecule has 0 unspecified atom stereocenters. The summed E-state index contributed by atoms with van der Waals surface area (Å²) in [5, 5.41) is 18.1. The Morgan fingerprint density at radius 2 is 1.79 bits per heavy atom. The van der Waals surface area contributed by atoms with Crippen molar-refractivity contribution < 1.29 is 14.7 Å². The van der Waals surface area contributed by atoms with E-state index in [1.807, 2.05) is 0 Å². The number of aromatic nitrogens is 2. The molecule has 19 heavy (non-hydrogen) atoms. The van der Waals surface area contributed by atoms with Crippen molar-refractivity contribution in [2.75, 3.05) is 5.32 Å². The van der Waals surface area contributed by atoms with Crippen LogP contribution in [0.25, 0.3) is 0 Å². The first-order chi connectivity index (χ1) is 9.00. The number of rotatable bonds is 3. The maximum absolute atomic E-state index is 12.2. The third-order valence-corrected chi connectivity index (χ3v) is 2.81. The van der Waals surface area contributed by atoms with Gasteiger partial charge in [-0.1, -0.05) is 12.1 Å². The number of aromatic amines is 1. The van der Waals surface area contributed by atoms with E-state index in [9.17, 15) is 14.7 Å². The van der Waals surface area contributed by atoms with Crippen molar-refractivity contribution in [1.29, 1.82) is 0 Å². The summed E-state index contributed by atoms with van der Waals surface area (Å²) in [4.78, 5) is 23.5. The molecule has 0 aliphatic rings. The van der Waals surface area contributed by atoms with E-state index in [0.29, 0.717) is 16.9 Å². The number of benzene rings is 1. The highest BCUT2D eigenvalue weighted by Gasteiger charge is 2.21. The molecule has 0 atom stereocenters. The SMILES string of the molecule is Cc1ccc(C)c(C(=O)Nc2ccn[nH]2)c1C(=O)O. The molecule has 98 valence electrons. The lowest BCUT2D eigenvalue weighted by Gasteiger charge is -2.11. The predicted molar refractivity (Wildman–Crippen MR) is 69.4 cm³/mol. The van der Waals surface area contributed by atoms with Crippen molar-refractivity contribution in [3.05, 3.63) is 46.6 Å². The third kappa shape index (κ3) is 2.47. The van der Waals surface area contributed by atoms with E-state index in [0.717, 1.165) is 0 Å². The number of hydrogen-bond donors (Lipinski definition) is 3. The Morgan fingerprint density at radius 1 is 1.16 bits per heavy atom. The van der Waals surface area contributed by atoms with Crippen LogP contribution in [-0.2, 0) is 0 Å². The quantitative estimate of drug-likeness (QED) is 0.785. The molecule has 3 N–H and O–H groups in total. The normalized spacial score (nSPS) is 10.2. The summed E-state index contributed by atoms with van der Waals surface area (Å²) in [6.45, 7) is 3.36. The van der Waals surface area contributed by atoms with Crippen LogP contribution in [-0.4, -0.2) is 27.2 Å². The van der Waals surface area contributed by atoms with Gasteiger partial charge in [-0.25, -0.2) is 4.79 Å². The van der Waals surface area contributed by atoms with E-state index < -0.39 is 11.9 Å². The number of nitrogens with one attached hydrogen (secondary N) is 2. The molecule has 0 radical (unpaired) electrons. The average molecular weight is 259 g/mol. The Hall–Kier alpha value is -2.63. The Bertz CT molecular complexity index is 633. The summed E-state index contributed by atoms with van der Waals surface area (Å²) in [7, 11) is 0. The van der Waals surface area contributed by atoms with Crippen LogP contribution in [0.5, 0.6) is 0 Å². The highest BCUT2D eigenvalue weighted by Crippen LogP contribution is 2.20. The fourth-order valence-corrected chi connectivity index (χ4v) is 1.89. The number of carbonyl (C=O) groups is 2. The number of aryl methyl sites for hydroxylation is 2. The molecule has 1 aromatic heterocycles. The second-order valence-corrected chi connectivity index (χ2v) is 4.18. The van der Waals surface area contributed by atoms with Gasteiger partial charge in [0.2, 0.25) is 0 Å². The predicted octanol–water partition coefficient (Wildman–Crippen LogP) is 1.98. The van der Waals surface area contributed by atoms with Gasteiger partial charge in [0.15, 0.2) is 0 Å². The Kier molecular flexibility index (Phi) is 3.33. The monoisotopic (exact) mass is 259 g/mol. The molecule has 2 aromatic rings. The molecule has 0 bridgehead atoms. The molecule has 0 fully saturated rings. The summed E-state index contributed by atoms with van der Waals surface area (Å²) in [6, 6.07) is 5.00. The van der Waals surface area contributed by atoms with Gasteiger partial charge in [-0.3, -0.25) is 9.89 Å². The lowest BCUT2D eigenvalue weighted by molar-refractivity contribution is 0.0691. The topological polar surface area (TPSA) is 95.1 Å². The van der Waals surface area contributed by atoms with Gasteiger partial charge in [-0.05, 0) is 25.0 Å². The molecule has 1 heterocycles. The molecule has 0 saturated carbocycles. The average Bonchev–Trinajstić information content (AvgIpc) is 2.83. The van der Waals surface area contributed by atoms with Crippen molar-refractivity contribution in [3.63, 3.8) is 0 Å². The number of H-pyrrole nitrogens is 1. The Morgan fingerprint density at radius 3 is 2.32 bits per heavy atom. The van der Waals surface area contributed by atoms with Crippen molar-refractivity contribution >= 4 is 17.7 Å². The number of amides is 1. The summed E-state index contributed by atoms with van der Waals surface area (Å²) in [5.74, 6) is -1.17. The van der Waals surface area contributed by atoms with Gasteiger partial charge in [0.05, 0.1) is 17.3 Å². The van der Waals surface area contributed by atoms with Crippen LogP contribution in [0.3, 0.4) is 0 Å². The highest BCUT2D eigenvalue weighted by molar-refractivity contribution is 6.11. The molecular weight excluding hydrogens is 246 g/mol. The number of anilines is 1. The standard InChI is InChI=1S/C13H13N3O3/c1-7-3-4-8(2)11(13(18)19)10(7)12(17)15-9-5-6-14-16-9/h3-6H,1-2H3,(H,18,19)(H2,14,15,16,17). The lowest BCUT2D eigenvalue weighted by atomic mass is 9.96. The van der Waals surface area contributed by atoms with Gasteiger partial charge in [0.1, 0.15) is 5.82 Å². The largest absolute Gasteiger partial charge is 0.478 e. The van der Waals surface area contributed by atoms with Crippen molar-refractivity contribution in [1.82, 2.24) is 10.2 Å². The Balaban J connectivity index is 2.46. The third-order valence-electron chi connectivity index (χ3n) is 2.81. The van der Waals surface area contributed by atoms with Crippen LogP contribution in [0.15, 0.2) is 24.4 Å². The van der Waals surface area contributed by atoms with E-state index >= 15 is 0 Å². The van der Waals surface area contributed by atoms with E-state index in [1.165, 1.54) is 6.20 Å². The van der Waals surface area contributed by atoms with Crippen LogP contribution in [0.2, 0.25) is 0 Å². The van der Waals surface area contributed by atoms with Crippen LogP contribution < -0.4 is 5.32 Å². The van der Waals surface area contributed by atoms with Crippen LogP contribution in [0.1, 0.15) is 31.8 Å². The number of carboxylic acid groups (broad SMARTS) is 1. The number of hydrogen-bond acceptors (Lipinski definition) is 3. The van der Waals surface area contributed by atoms with Crippen LogP contribution in [0, 0.1) is 13.8 Å². The molecule has 0 aliphatic heterocycles. The molecule has 2 rings (SSSR count). The molecule has 6 nitrogen and oxygen atoms in total. The zero-order chi connectivity index (χ0) is 14.0. The molecule has 0 saturated heterocycles. The fraction of sp³-hybridized carbons (Fsp3) is 0.154. The molecule has 1 amide bonds. The van der Waals surface area contributed by atoms with E-state index in [2.05, 4.69) is 15.5 Å². The molecule has 0 aliphatic carbocycles. The van der Waals surface area contributed by atoms with Crippen LogP contribution >= 0.6 is 0 Å². The zero-order valence-corrected chi connectivity index (χ0v) is 10.5. The molecule has 6 heteroatoms. The minimum atomic E-state index is -1.11. The smallest absolute Gasteiger partial charge is 0.336 e. The fourth-order valence-electron chi connectivity index (χ4n) is 1.89. The van der Waals surface area contributed by atoms with E-state index in [-0.39, 0.29) is 11.1 Å². The van der Waals surface area contributed by atoms with Gasteiger partial charge in [-0.15, -0.1) is 0 Å². The summed E-state index contributed by atoms with van der Waals surface area (Å²) >= 11 is 0. The first-order valence-corrected chi connectivity index (χ1v) is 5.65. The first-order valence-electron chi connectivity index (χ1n) is 5.65.